The molecule has 2 aromatic rings. The van der Waals surface area contributed by atoms with Gasteiger partial charge in [0, 0.05) is 50.2 Å². The van der Waals surface area contributed by atoms with Gasteiger partial charge in [-0.2, -0.15) is 0 Å². The first-order valence-electron chi connectivity index (χ1n) is 9.34. The zero-order valence-electron chi connectivity index (χ0n) is 14.9. The van der Waals surface area contributed by atoms with Crippen LogP contribution < -0.4 is 5.32 Å². The van der Waals surface area contributed by atoms with Crippen LogP contribution in [0.15, 0.2) is 54.9 Å². The number of carbonyl (C=O) groups excluding carboxylic acids is 1. The number of pyridine rings is 1. The Morgan fingerprint density at radius 1 is 1.27 bits per heavy atom. The Hall–Kier alpha value is -2.24. The molecule has 0 radical (unpaired) electrons. The normalized spacial score (nSPS) is 26.1. The van der Waals surface area contributed by atoms with Gasteiger partial charge in [-0.3, -0.25) is 14.7 Å². The van der Waals surface area contributed by atoms with Crippen LogP contribution in [0, 0.1) is 0 Å². The number of nitrogens with zero attached hydrogens (tertiary/aromatic N) is 2. The van der Waals surface area contributed by atoms with E-state index in [2.05, 4.69) is 21.3 Å². The van der Waals surface area contributed by atoms with Gasteiger partial charge in [-0.25, -0.2) is 0 Å². The highest BCUT2D eigenvalue weighted by Gasteiger charge is 2.43. The lowest BCUT2D eigenvalue weighted by molar-refractivity contribution is -0.0793. The molecule has 2 atom stereocenters. The Kier molecular flexibility index (Phi) is 5.00. The molecule has 0 bridgehead atoms. The van der Waals surface area contributed by atoms with E-state index in [4.69, 9.17) is 4.74 Å². The van der Waals surface area contributed by atoms with E-state index in [0.717, 1.165) is 44.5 Å². The molecule has 26 heavy (non-hydrogen) atoms. The molecule has 136 valence electrons. The van der Waals surface area contributed by atoms with Gasteiger partial charge in [0.15, 0.2) is 0 Å². The van der Waals surface area contributed by atoms with Crippen LogP contribution in [0.5, 0.6) is 0 Å². The Balaban J connectivity index is 1.35. The highest BCUT2D eigenvalue weighted by molar-refractivity contribution is 5.94. The summed E-state index contributed by atoms with van der Waals surface area (Å²) >= 11 is 0. The van der Waals surface area contributed by atoms with Crippen molar-refractivity contribution in [1.82, 2.24) is 15.2 Å². The van der Waals surface area contributed by atoms with Crippen LogP contribution in [-0.2, 0) is 11.3 Å². The summed E-state index contributed by atoms with van der Waals surface area (Å²) in [5, 5.41) is 3.20. The Bertz CT molecular complexity index is 737. The number of ether oxygens (including phenoxy) is 1. The summed E-state index contributed by atoms with van der Waals surface area (Å²) in [5.74, 6) is 0.0119. The molecule has 1 N–H and O–H groups in total. The maximum Gasteiger partial charge on any atom is 0.251 e. The fraction of sp³-hybridized carbons (Fsp3) is 0.429. The summed E-state index contributed by atoms with van der Waals surface area (Å²) < 4.78 is 6.20. The van der Waals surface area contributed by atoms with E-state index in [0.29, 0.717) is 6.61 Å². The van der Waals surface area contributed by atoms with Crippen LogP contribution in [0.4, 0.5) is 0 Å². The van der Waals surface area contributed by atoms with Gasteiger partial charge < -0.3 is 10.1 Å². The minimum absolute atomic E-state index is 0.0119. The van der Waals surface area contributed by atoms with E-state index in [1.807, 2.05) is 42.6 Å². The molecule has 2 aliphatic heterocycles. The SMILES string of the molecule is O=C(N[C@@H]1CCO[C@]2(CCN(Cc3cccnc3)C2)C1)c1ccccc1. The number of hydrogen-bond donors (Lipinski definition) is 1. The average molecular weight is 351 g/mol. The Labute approximate surface area is 154 Å². The molecule has 0 aliphatic carbocycles. The fourth-order valence-electron chi connectivity index (χ4n) is 4.11. The lowest BCUT2D eigenvalue weighted by atomic mass is 9.89. The molecule has 1 aromatic heterocycles. The van der Waals surface area contributed by atoms with Gasteiger partial charge in [0.05, 0.1) is 5.60 Å². The average Bonchev–Trinajstić information content (AvgIpc) is 3.05. The van der Waals surface area contributed by atoms with Gasteiger partial charge in [0.1, 0.15) is 0 Å². The van der Waals surface area contributed by atoms with Crippen molar-refractivity contribution in [3.8, 4) is 0 Å². The lowest BCUT2D eigenvalue weighted by Crippen LogP contribution is -2.49. The van der Waals surface area contributed by atoms with E-state index < -0.39 is 0 Å². The molecular weight excluding hydrogens is 326 g/mol. The van der Waals surface area contributed by atoms with Crippen molar-refractivity contribution >= 4 is 5.91 Å². The van der Waals surface area contributed by atoms with E-state index >= 15 is 0 Å². The molecule has 1 aromatic carbocycles. The van der Waals surface area contributed by atoms with Crippen molar-refractivity contribution < 1.29 is 9.53 Å². The van der Waals surface area contributed by atoms with Crippen molar-refractivity contribution in [3.63, 3.8) is 0 Å². The van der Waals surface area contributed by atoms with Crippen LogP contribution in [0.3, 0.4) is 0 Å². The van der Waals surface area contributed by atoms with Crippen LogP contribution in [0.2, 0.25) is 0 Å². The van der Waals surface area contributed by atoms with Crippen molar-refractivity contribution in [2.24, 2.45) is 0 Å². The molecule has 4 rings (SSSR count). The summed E-state index contributed by atoms with van der Waals surface area (Å²) in [7, 11) is 0. The number of amides is 1. The van der Waals surface area contributed by atoms with Crippen LogP contribution in [0.1, 0.15) is 35.2 Å². The van der Waals surface area contributed by atoms with Crippen molar-refractivity contribution in [2.45, 2.75) is 37.5 Å². The molecule has 0 unspecified atom stereocenters. The number of rotatable bonds is 4. The number of benzene rings is 1. The molecule has 1 amide bonds. The predicted octanol–water partition coefficient (Wildman–Crippen LogP) is 2.64. The van der Waals surface area contributed by atoms with Gasteiger partial charge in [0.2, 0.25) is 0 Å². The standard InChI is InChI=1S/C21H25N3O2/c25-20(18-6-2-1-3-7-18)23-19-8-12-26-21(13-19)9-11-24(16-21)15-17-5-4-10-22-14-17/h1-7,10,14,19H,8-9,11-13,15-16H2,(H,23,25)/t19-,21-/m1/s1. The Morgan fingerprint density at radius 2 is 2.15 bits per heavy atom. The van der Waals surface area contributed by atoms with Gasteiger partial charge in [0.25, 0.3) is 5.91 Å². The molecule has 5 nitrogen and oxygen atoms in total. The number of carbonyl (C=O) groups is 1. The fourth-order valence-corrected chi connectivity index (χ4v) is 4.11. The molecule has 1 spiro atoms. The van der Waals surface area contributed by atoms with Crippen molar-refractivity contribution in [3.05, 3.63) is 66.0 Å². The quantitative estimate of drug-likeness (QED) is 0.920. The third-order valence-corrected chi connectivity index (χ3v) is 5.39. The monoisotopic (exact) mass is 351 g/mol. The number of likely N-dealkylation sites (tertiary alicyclic amines) is 1. The molecular formula is C21H25N3O2. The maximum absolute atomic E-state index is 12.5. The summed E-state index contributed by atoms with van der Waals surface area (Å²) in [6.45, 7) is 3.55. The lowest BCUT2D eigenvalue weighted by Gasteiger charge is -2.38. The molecule has 2 saturated heterocycles. The van der Waals surface area contributed by atoms with Gasteiger partial charge >= 0.3 is 0 Å². The maximum atomic E-state index is 12.5. The smallest absolute Gasteiger partial charge is 0.251 e. The zero-order chi connectivity index (χ0) is 17.8. The van der Waals surface area contributed by atoms with Gasteiger partial charge in [-0.05, 0) is 43.0 Å². The second-order valence-electron chi connectivity index (χ2n) is 7.38. The van der Waals surface area contributed by atoms with Crippen LogP contribution in [0.25, 0.3) is 0 Å². The van der Waals surface area contributed by atoms with Crippen molar-refractivity contribution in [1.29, 1.82) is 0 Å². The topological polar surface area (TPSA) is 54.5 Å². The number of hydrogen-bond acceptors (Lipinski definition) is 4. The van der Waals surface area contributed by atoms with Gasteiger partial charge in [-0.1, -0.05) is 24.3 Å². The highest BCUT2D eigenvalue weighted by atomic mass is 16.5. The third-order valence-electron chi connectivity index (χ3n) is 5.39. The number of nitrogens with one attached hydrogen (secondary N) is 1. The molecule has 2 aliphatic rings. The second kappa shape index (κ2) is 7.56. The first kappa shape index (κ1) is 17.2. The minimum atomic E-state index is -0.130. The predicted molar refractivity (Wildman–Crippen MR) is 99.7 cm³/mol. The molecule has 0 saturated carbocycles. The molecule has 5 heteroatoms. The van der Waals surface area contributed by atoms with Crippen LogP contribution >= 0.6 is 0 Å². The van der Waals surface area contributed by atoms with Crippen LogP contribution in [-0.4, -0.2) is 47.1 Å². The third kappa shape index (κ3) is 3.94. The van der Waals surface area contributed by atoms with Gasteiger partial charge in [-0.15, -0.1) is 0 Å². The van der Waals surface area contributed by atoms with Crippen molar-refractivity contribution in [2.75, 3.05) is 19.7 Å². The van der Waals surface area contributed by atoms with E-state index in [-0.39, 0.29) is 17.6 Å². The second-order valence-corrected chi connectivity index (χ2v) is 7.38. The molecule has 3 heterocycles. The first-order chi connectivity index (χ1) is 12.7. The first-order valence-corrected chi connectivity index (χ1v) is 9.34. The number of aromatic nitrogens is 1. The van der Waals surface area contributed by atoms with E-state index in [1.54, 1.807) is 6.20 Å². The summed E-state index contributed by atoms with van der Waals surface area (Å²) in [5.41, 5.74) is 1.82. The van der Waals surface area contributed by atoms with E-state index in [9.17, 15) is 4.79 Å². The molecule has 2 fully saturated rings. The summed E-state index contributed by atoms with van der Waals surface area (Å²) in [4.78, 5) is 19.1. The summed E-state index contributed by atoms with van der Waals surface area (Å²) in [6.07, 6.45) is 6.51. The van der Waals surface area contributed by atoms with E-state index in [1.165, 1.54) is 5.56 Å². The summed E-state index contributed by atoms with van der Waals surface area (Å²) in [6, 6.07) is 13.7. The Morgan fingerprint density at radius 3 is 2.96 bits per heavy atom. The highest BCUT2D eigenvalue weighted by Crippen LogP contribution is 2.35. The zero-order valence-corrected chi connectivity index (χ0v) is 14.9. The largest absolute Gasteiger partial charge is 0.373 e. The minimum Gasteiger partial charge on any atom is -0.373 e.